The quantitative estimate of drug-likeness (QED) is 0.482. The Labute approximate surface area is 183 Å². The SMILES string of the molecule is CCc1nc(C(N)=O)c(Nc2cccc(S(C)(=O)=O)c2)nc1NCC1(N)CCCCC1. The van der Waals surface area contributed by atoms with Crippen LogP contribution in [-0.4, -0.2) is 42.6 Å². The van der Waals surface area contributed by atoms with E-state index in [-0.39, 0.29) is 21.9 Å². The lowest BCUT2D eigenvalue weighted by molar-refractivity contribution is 0.0996. The Balaban J connectivity index is 1.93. The van der Waals surface area contributed by atoms with Crippen LogP contribution in [0.15, 0.2) is 29.2 Å². The van der Waals surface area contributed by atoms with Crippen molar-refractivity contribution < 1.29 is 13.2 Å². The van der Waals surface area contributed by atoms with Gasteiger partial charge in [0.1, 0.15) is 5.82 Å². The lowest BCUT2D eigenvalue weighted by Gasteiger charge is -2.33. The van der Waals surface area contributed by atoms with E-state index >= 15 is 0 Å². The second kappa shape index (κ2) is 9.19. The van der Waals surface area contributed by atoms with Crippen molar-refractivity contribution in [3.05, 3.63) is 35.7 Å². The number of primary amides is 1. The zero-order valence-electron chi connectivity index (χ0n) is 17.9. The van der Waals surface area contributed by atoms with Gasteiger partial charge in [0.15, 0.2) is 21.3 Å². The molecule has 168 valence electrons. The van der Waals surface area contributed by atoms with E-state index in [4.69, 9.17) is 11.5 Å². The van der Waals surface area contributed by atoms with Crippen LogP contribution in [0.2, 0.25) is 0 Å². The van der Waals surface area contributed by atoms with Crippen molar-refractivity contribution in [3.63, 3.8) is 0 Å². The number of benzene rings is 1. The Kier molecular flexibility index (Phi) is 6.80. The van der Waals surface area contributed by atoms with Crippen LogP contribution in [0, 0.1) is 0 Å². The standard InChI is InChI=1S/C21H30N6O3S/c1-3-16-19(24-13-21(23)10-5-4-6-11-21)27-20(17(26-16)18(22)28)25-14-8-7-9-15(12-14)31(2,29)30/h7-9,12H,3-6,10-11,13,23H2,1-2H3,(H2,22,28)(H2,24,25,27). The van der Waals surface area contributed by atoms with E-state index in [1.165, 1.54) is 18.6 Å². The molecule has 0 bridgehead atoms. The number of nitrogens with zero attached hydrogens (tertiary/aromatic N) is 2. The van der Waals surface area contributed by atoms with Crippen molar-refractivity contribution in [1.29, 1.82) is 0 Å². The van der Waals surface area contributed by atoms with Crippen LogP contribution in [0.5, 0.6) is 0 Å². The van der Waals surface area contributed by atoms with Gasteiger partial charge in [0.05, 0.1) is 10.6 Å². The number of nitrogens with one attached hydrogen (secondary N) is 2. The van der Waals surface area contributed by atoms with Crippen molar-refractivity contribution in [2.75, 3.05) is 23.4 Å². The number of rotatable bonds is 8. The Morgan fingerprint density at radius 2 is 1.87 bits per heavy atom. The molecule has 0 spiro atoms. The lowest BCUT2D eigenvalue weighted by Crippen LogP contribution is -2.47. The predicted molar refractivity (Wildman–Crippen MR) is 121 cm³/mol. The number of aromatic nitrogens is 2. The van der Waals surface area contributed by atoms with Crippen LogP contribution in [0.25, 0.3) is 0 Å². The van der Waals surface area contributed by atoms with Crippen LogP contribution >= 0.6 is 0 Å². The number of nitrogens with two attached hydrogens (primary N) is 2. The molecule has 10 heteroatoms. The highest BCUT2D eigenvalue weighted by atomic mass is 32.2. The maximum atomic E-state index is 12.0. The Bertz CT molecular complexity index is 1060. The number of aryl methyl sites for hydroxylation is 1. The van der Waals surface area contributed by atoms with Crippen molar-refractivity contribution in [2.45, 2.75) is 55.9 Å². The van der Waals surface area contributed by atoms with Gasteiger partial charge in [-0.05, 0) is 37.5 Å². The van der Waals surface area contributed by atoms with Gasteiger partial charge < -0.3 is 22.1 Å². The van der Waals surface area contributed by atoms with Crippen LogP contribution in [0.4, 0.5) is 17.3 Å². The second-order valence-electron chi connectivity index (χ2n) is 8.14. The van der Waals surface area contributed by atoms with Gasteiger partial charge in [-0.25, -0.2) is 18.4 Å². The van der Waals surface area contributed by atoms with E-state index in [2.05, 4.69) is 20.6 Å². The van der Waals surface area contributed by atoms with Gasteiger partial charge in [-0.1, -0.05) is 32.3 Å². The number of sulfone groups is 1. The van der Waals surface area contributed by atoms with Gasteiger partial charge in [0, 0.05) is 24.0 Å². The van der Waals surface area contributed by atoms with Crippen molar-refractivity contribution in [3.8, 4) is 0 Å². The van der Waals surface area contributed by atoms with E-state index in [9.17, 15) is 13.2 Å². The van der Waals surface area contributed by atoms with Gasteiger partial charge in [-0.2, -0.15) is 0 Å². The van der Waals surface area contributed by atoms with Crippen LogP contribution in [0.3, 0.4) is 0 Å². The van der Waals surface area contributed by atoms with Gasteiger partial charge in [0.2, 0.25) is 0 Å². The third kappa shape index (κ3) is 5.71. The fourth-order valence-electron chi connectivity index (χ4n) is 3.75. The molecule has 0 aliphatic heterocycles. The summed E-state index contributed by atoms with van der Waals surface area (Å²) in [6.07, 6.45) is 6.98. The molecule has 1 amide bonds. The summed E-state index contributed by atoms with van der Waals surface area (Å²) in [5.41, 5.74) is 12.8. The smallest absolute Gasteiger partial charge is 0.271 e. The largest absolute Gasteiger partial charge is 0.367 e. The minimum absolute atomic E-state index is 0.00714. The highest BCUT2D eigenvalue weighted by Crippen LogP contribution is 2.28. The van der Waals surface area contributed by atoms with Crippen molar-refractivity contribution >= 4 is 33.1 Å². The normalized spacial score (nSPS) is 16.0. The zero-order chi connectivity index (χ0) is 22.6. The van der Waals surface area contributed by atoms with Gasteiger partial charge in [-0.3, -0.25) is 4.79 Å². The summed E-state index contributed by atoms with van der Waals surface area (Å²) < 4.78 is 23.7. The third-order valence-electron chi connectivity index (χ3n) is 5.52. The molecule has 0 atom stereocenters. The molecular formula is C21H30N6O3S. The topological polar surface area (TPSA) is 153 Å². The number of carbonyl (C=O) groups is 1. The van der Waals surface area contributed by atoms with Crippen LogP contribution in [0.1, 0.15) is 55.2 Å². The molecule has 0 radical (unpaired) electrons. The first-order valence-corrected chi connectivity index (χ1v) is 12.3. The number of hydrogen-bond donors (Lipinski definition) is 4. The van der Waals surface area contributed by atoms with Gasteiger partial charge in [0.25, 0.3) is 5.91 Å². The Morgan fingerprint density at radius 3 is 2.48 bits per heavy atom. The maximum Gasteiger partial charge on any atom is 0.271 e. The summed E-state index contributed by atoms with van der Waals surface area (Å²) in [4.78, 5) is 21.2. The van der Waals surface area contributed by atoms with Crippen molar-refractivity contribution in [1.82, 2.24) is 9.97 Å². The molecule has 6 N–H and O–H groups in total. The summed E-state index contributed by atoms with van der Waals surface area (Å²) in [6, 6.07) is 6.26. The summed E-state index contributed by atoms with van der Waals surface area (Å²) >= 11 is 0. The van der Waals surface area contributed by atoms with E-state index in [0.29, 0.717) is 30.2 Å². The monoisotopic (exact) mass is 446 g/mol. The van der Waals surface area contributed by atoms with Gasteiger partial charge >= 0.3 is 0 Å². The van der Waals surface area contributed by atoms with Crippen LogP contribution < -0.4 is 22.1 Å². The first kappa shape index (κ1) is 23.0. The molecular weight excluding hydrogens is 416 g/mol. The zero-order valence-corrected chi connectivity index (χ0v) is 18.8. The second-order valence-corrected chi connectivity index (χ2v) is 10.2. The average Bonchev–Trinajstić information content (AvgIpc) is 2.72. The molecule has 31 heavy (non-hydrogen) atoms. The minimum Gasteiger partial charge on any atom is -0.367 e. The summed E-state index contributed by atoms with van der Waals surface area (Å²) in [7, 11) is -3.38. The molecule has 1 saturated carbocycles. The number of amides is 1. The number of anilines is 3. The van der Waals surface area contributed by atoms with Gasteiger partial charge in [-0.15, -0.1) is 0 Å². The molecule has 0 unspecified atom stereocenters. The first-order chi connectivity index (χ1) is 14.6. The molecule has 1 aliphatic carbocycles. The highest BCUT2D eigenvalue weighted by Gasteiger charge is 2.28. The summed E-state index contributed by atoms with van der Waals surface area (Å²) in [6.45, 7) is 2.47. The lowest BCUT2D eigenvalue weighted by atomic mass is 9.82. The third-order valence-corrected chi connectivity index (χ3v) is 6.63. The van der Waals surface area contributed by atoms with E-state index < -0.39 is 15.7 Å². The fraction of sp³-hybridized carbons (Fsp3) is 0.476. The molecule has 1 aromatic heterocycles. The first-order valence-electron chi connectivity index (χ1n) is 10.4. The molecule has 1 heterocycles. The average molecular weight is 447 g/mol. The molecule has 9 nitrogen and oxygen atoms in total. The maximum absolute atomic E-state index is 12.0. The number of hydrogen-bond acceptors (Lipinski definition) is 8. The Morgan fingerprint density at radius 1 is 1.16 bits per heavy atom. The number of carbonyl (C=O) groups excluding carboxylic acids is 1. The molecule has 1 aromatic carbocycles. The molecule has 3 rings (SSSR count). The molecule has 0 saturated heterocycles. The molecule has 2 aromatic rings. The van der Waals surface area contributed by atoms with E-state index in [0.717, 1.165) is 31.9 Å². The van der Waals surface area contributed by atoms with Crippen molar-refractivity contribution in [2.24, 2.45) is 11.5 Å². The summed E-state index contributed by atoms with van der Waals surface area (Å²) in [5.74, 6) is -0.0321. The fourth-order valence-corrected chi connectivity index (χ4v) is 4.42. The van der Waals surface area contributed by atoms with E-state index in [1.54, 1.807) is 12.1 Å². The van der Waals surface area contributed by atoms with Crippen LogP contribution in [-0.2, 0) is 16.3 Å². The molecule has 1 aliphatic rings. The highest BCUT2D eigenvalue weighted by molar-refractivity contribution is 7.90. The predicted octanol–water partition coefficient (Wildman–Crippen LogP) is 2.36. The summed E-state index contributed by atoms with van der Waals surface area (Å²) in [5, 5.41) is 6.31. The van der Waals surface area contributed by atoms with E-state index in [1.807, 2.05) is 6.92 Å². The molecule has 1 fully saturated rings. The minimum atomic E-state index is -3.38. The Hall–Kier alpha value is -2.72.